The standard InChI is InChI=1S/C20H40O6/c1-6-9-12-23-17-16(15-21-4)26-20(22-5)19(25-14-11-8-3)18(17)24-13-10-7-2/h16-20H,6-15H2,1-5H3/t16?,17-,18-,19?,20-/m0/s1. The van der Waals surface area contributed by atoms with Gasteiger partial charge in [-0.3, -0.25) is 0 Å². The zero-order valence-electron chi connectivity index (χ0n) is 17.4. The van der Waals surface area contributed by atoms with Crippen LogP contribution in [-0.2, 0) is 28.4 Å². The maximum Gasteiger partial charge on any atom is 0.186 e. The van der Waals surface area contributed by atoms with Crippen LogP contribution in [0, 0.1) is 0 Å². The van der Waals surface area contributed by atoms with Crippen LogP contribution in [0.25, 0.3) is 0 Å². The molecule has 0 spiro atoms. The van der Waals surface area contributed by atoms with E-state index < -0.39 is 6.29 Å². The molecule has 1 fully saturated rings. The van der Waals surface area contributed by atoms with Crippen molar-refractivity contribution in [1.82, 2.24) is 0 Å². The third-order valence-electron chi connectivity index (χ3n) is 4.58. The molecule has 1 saturated heterocycles. The summed E-state index contributed by atoms with van der Waals surface area (Å²) in [4.78, 5) is 0. The minimum Gasteiger partial charge on any atom is -0.382 e. The van der Waals surface area contributed by atoms with Crippen molar-refractivity contribution in [2.75, 3.05) is 40.6 Å². The van der Waals surface area contributed by atoms with Gasteiger partial charge in [-0.25, -0.2) is 0 Å². The van der Waals surface area contributed by atoms with Gasteiger partial charge >= 0.3 is 0 Å². The SMILES string of the molecule is CCCCOC1[C@@H](OC)OC(COC)[C@H](OCCCC)[C@@H]1OCCCC. The number of methoxy groups -OCH3 is 2. The first kappa shape index (κ1) is 23.8. The summed E-state index contributed by atoms with van der Waals surface area (Å²) in [5.41, 5.74) is 0. The molecule has 5 atom stereocenters. The Kier molecular flexibility index (Phi) is 13.5. The molecule has 0 aliphatic carbocycles. The maximum atomic E-state index is 6.25. The van der Waals surface area contributed by atoms with E-state index in [2.05, 4.69) is 20.8 Å². The summed E-state index contributed by atoms with van der Waals surface area (Å²) < 4.78 is 35.7. The van der Waals surface area contributed by atoms with E-state index in [1.54, 1.807) is 14.2 Å². The van der Waals surface area contributed by atoms with Gasteiger partial charge < -0.3 is 28.4 Å². The average Bonchev–Trinajstić information content (AvgIpc) is 2.65. The number of ether oxygens (including phenoxy) is 6. The summed E-state index contributed by atoms with van der Waals surface area (Å²) in [6, 6.07) is 0. The molecule has 6 heteroatoms. The van der Waals surface area contributed by atoms with Crippen LogP contribution < -0.4 is 0 Å². The van der Waals surface area contributed by atoms with Crippen molar-refractivity contribution in [3.63, 3.8) is 0 Å². The van der Waals surface area contributed by atoms with Gasteiger partial charge in [-0.15, -0.1) is 0 Å². The van der Waals surface area contributed by atoms with Gasteiger partial charge in [0.05, 0.1) is 6.61 Å². The van der Waals surface area contributed by atoms with E-state index in [0.717, 1.165) is 38.5 Å². The zero-order valence-corrected chi connectivity index (χ0v) is 17.4. The fraction of sp³-hybridized carbons (Fsp3) is 1.00. The summed E-state index contributed by atoms with van der Waals surface area (Å²) in [5, 5.41) is 0. The predicted molar refractivity (Wildman–Crippen MR) is 101 cm³/mol. The van der Waals surface area contributed by atoms with Crippen LogP contribution in [0.4, 0.5) is 0 Å². The molecule has 0 N–H and O–H groups in total. The molecule has 26 heavy (non-hydrogen) atoms. The van der Waals surface area contributed by atoms with E-state index in [1.807, 2.05) is 0 Å². The van der Waals surface area contributed by atoms with Crippen LogP contribution in [0.5, 0.6) is 0 Å². The maximum absolute atomic E-state index is 6.25. The first-order valence-corrected chi connectivity index (χ1v) is 10.2. The number of rotatable bonds is 15. The highest BCUT2D eigenvalue weighted by Crippen LogP contribution is 2.29. The molecule has 1 rings (SSSR count). The fourth-order valence-electron chi connectivity index (χ4n) is 3.03. The minimum atomic E-state index is -0.482. The lowest BCUT2D eigenvalue weighted by molar-refractivity contribution is -0.317. The molecule has 0 aromatic carbocycles. The van der Waals surface area contributed by atoms with Crippen LogP contribution in [0.3, 0.4) is 0 Å². The number of hydrogen-bond donors (Lipinski definition) is 0. The van der Waals surface area contributed by atoms with Gasteiger partial charge in [0.1, 0.15) is 24.4 Å². The van der Waals surface area contributed by atoms with Crippen molar-refractivity contribution in [3.05, 3.63) is 0 Å². The largest absolute Gasteiger partial charge is 0.382 e. The Morgan fingerprint density at radius 2 is 1.19 bits per heavy atom. The topological polar surface area (TPSA) is 55.4 Å². The first-order valence-electron chi connectivity index (χ1n) is 10.2. The lowest BCUT2D eigenvalue weighted by Gasteiger charge is -2.45. The molecule has 0 aromatic rings. The van der Waals surface area contributed by atoms with E-state index in [9.17, 15) is 0 Å². The summed E-state index contributed by atoms with van der Waals surface area (Å²) in [7, 11) is 3.32. The highest BCUT2D eigenvalue weighted by atomic mass is 16.7. The summed E-state index contributed by atoms with van der Waals surface area (Å²) in [5.74, 6) is 0. The van der Waals surface area contributed by atoms with E-state index >= 15 is 0 Å². The molecular formula is C20H40O6. The Hall–Kier alpha value is -0.240. The molecule has 1 aliphatic heterocycles. The number of unbranched alkanes of at least 4 members (excludes halogenated alkanes) is 3. The van der Waals surface area contributed by atoms with E-state index in [-0.39, 0.29) is 24.4 Å². The highest BCUT2D eigenvalue weighted by molar-refractivity contribution is 4.93. The second kappa shape index (κ2) is 14.8. The molecule has 0 saturated carbocycles. The lowest BCUT2D eigenvalue weighted by atomic mass is 9.98. The van der Waals surface area contributed by atoms with Gasteiger partial charge in [-0.1, -0.05) is 40.0 Å². The molecule has 0 radical (unpaired) electrons. The number of hydrogen-bond acceptors (Lipinski definition) is 6. The van der Waals surface area contributed by atoms with E-state index in [4.69, 9.17) is 28.4 Å². The third-order valence-corrected chi connectivity index (χ3v) is 4.58. The zero-order chi connectivity index (χ0) is 19.2. The molecule has 0 amide bonds. The van der Waals surface area contributed by atoms with E-state index in [1.165, 1.54) is 0 Å². The van der Waals surface area contributed by atoms with Gasteiger partial charge in [0.15, 0.2) is 6.29 Å². The van der Waals surface area contributed by atoms with Crippen molar-refractivity contribution >= 4 is 0 Å². The molecule has 156 valence electrons. The second-order valence-corrected chi connectivity index (χ2v) is 6.80. The van der Waals surface area contributed by atoms with Gasteiger partial charge in [0.25, 0.3) is 0 Å². The Labute approximate surface area is 159 Å². The molecule has 1 aliphatic rings. The molecule has 0 bridgehead atoms. The predicted octanol–water partition coefficient (Wildman–Crippen LogP) is 3.56. The van der Waals surface area contributed by atoms with E-state index in [0.29, 0.717) is 26.4 Å². The average molecular weight is 377 g/mol. The molecule has 0 aromatic heterocycles. The van der Waals surface area contributed by atoms with Crippen molar-refractivity contribution in [3.8, 4) is 0 Å². The minimum absolute atomic E-state index is 0.226. The Morgan fingerprint density at radius 3 is 1.65 bits per heavy atom. The van der Waals surface area contributed by atoms with Gasteiger partial charge in [-0.05, 0) is 19.3 Å². The van der Waals surface area contributed by atoms with Gasteiger partial charge in [0, 0.05) is 34.0 Å². The highest BCUT2D eigenvalue weighted by Gasteiger charge is 2.48. The van der Waals surface area contributed by atoms with Crippen molar-refractivity contribution in [2.24, 2.45) is 0 Å². The van der Waals surface area contributed by atoms with Crippen molar-refractivity contribution in [1.29, 1.82) is 0 Å². The van der Waals surface area contributed by atoms with Gasteiger partial charge in [0.2, 0.25) is 0 Å². The smallest absolute Gasteiger partial charge is 0.186 e. The van der Waals surface area contributed by atoms with Crippen LogP contribution in [-0.4, -0.2) is 71.4 Å². The third kappa shape index (κ3) is 7.79. The summed E-state index contributed by atoms with van der Waals surface area (Å²) >= 11 is 0. The van der Waals surface area contributed by atoms with Crippen LogP contribution in [0.15, 0.2) is 0 Å². The second-order valence-electron chi connectivity index (χ2n) is 6.80. The van der Waals surface area contributed by atoms with Gasteiger partial charge in [-0.2, -0.15) is 0 Å². The quantitative estimate of drug-likeness (QED) is 0.407. The van der Waals surface area contributed by atoms with Crippen molar-refractivity contribution < 1.29 is 28.4 Å². The summed E-state index contributed by atoms with van der Waals surface area (Å²) in [6.07, 6.45) is 4.78. The van der Waals surface area contributed by atoms with Crippen LogP contribution in [0.1, 0.15) is 59.3 Å². The van der Waals surface area contributed by atoms with Crippen LogP contribution >= 0.6 is 0 Å². The summed E-state index contributed by atoms with van der Waals surface area (Å²) in [6.45, 7) is 8.91. The molecule has 2 unspecified atom stereocenters. The Morgan fingerprint density at radius 1 is 0.692 bits per heavy atom. The molecule has 6 nitrogen and oxygen atoms in total. The molecular weight excluding hydrogens is 336 g/mol. The fourth-order valence-corrected chi connectivity index (χ4v) is 3.03. The lowest BCUT2D eigenvalue weighted by Crippen LogP contribution is -2.61. The Bertz CT molecular complexity index is 327. The molecule has 1 heterocycles. The normalized spacial score (nSPS) is 29.2. The monoisotopic (exact) mass is 376 g/mol. The first-order chi connectivity index (χ1) is 12.7. The van der Waals surface area contributed by atoms with Crippen LogP contribution in [0.2, 0.25) is 0 Å². The Balaban J connectivity index is 2.92. The van der Waals surface area contributed by atoms with Crippen molar-refractivity contribution in [2.45, 2.75) is 90.0 Å².